The van der Waals surface area contributed by atoms with Crippen molar-refractivity contribution in [2.75, 3.05) is 18.0 Å². The second kappa shape index (κ2) is 5.88. The van der Waals surface area contributed by atoms with Gasteiger partial charge in [0.2, 0.25) is 5.91 Å². The van der Waals surface area contributed by atoms with Crippen LogP contribution in [0.5, 0.6) is 0 Å². The number of H-pyrrole nitrogens is 1. The molecule has 3 heterocycles. The number of primary amides is 1. The zero-order chi connectivity index (χ0) is 17.4. The molecule has 1 atom stereocenters. The fourth-order valence-electron chi connectivity index (χ4n) is 3.85. The fraction of sp³-hybridized carbons (Fsp3) is 0.316. The number of aryl methyl sites for hydroxylation is 1. The number of hydrogen-bond donors (Lipinski definition) is 2. The van der Waals surface area contributed by atoms with E-state index in [9.17, 15) is 4.79 Å². The second-order valence-electron chi connectivity index (χ2n) is 6.57. The van der Waals surface area contributed by atoms with Crippen LogP contribution in [0.3, 0.4) is 0 Å². The average molecular weight is 335 g/mol. The van der Waals surface area contributed by atoms with Crippen molar-refractivity contribution in [3.63, 3.8) is 0 Å². The second-order valence-corrected chi connectivity index (χ2v) is 6.57. The van der Waals surface area contributed by atoms with Gasteiger partial charge in [-0.2, -0.15) is 0 Å². The Hall–Kier alpha value is -2.89. The van der Waals surface area contributed by atoms with Gasteiger partial charge in [-0.25, -0.2) is 9.97 Å². The summed E-state index contributed by atoms with van der Waals surface area (Å²) in [5.41, 5.74) is 8.16. The van der Waals surface area contributed by atoms with Gasteiger partial charge < -0.3 is 15.6 Å². The topological polar surface area (TPSA) is 87.9 Å². The highest BCUT2D eigenvalue weighted by atomic mass is 16.1. The maximum atomic E-state index is 12.4. The smallest absolute Gasteiger partial charge is 0.229 e. The first kappa shape index (κ1) is 15.6. The summed E-state index contributed by atoms with van der Waals surface area (Å²) < 4.78 is 0. The Morgan fingerprint density at radius 3 is 2.84 bits per heavy atom. The van der Waals surface area contributed by atoms with E-state index in [1.807, 2.05) is 36.5 Å². The molecule has 2 aromatic heterocycles. The predicted molar refractivity (Wildman–Crippen MR) is 97.4 cm³/mol. The molecule has 4 rings (SSSR count). The van der Waals surface area contributed by atoms with Crippen molar-refractivity contribution >= 4 is 22.8 Å². The third-order valence-corrected chi connectivity index (χ3v) is 5.28. The normalized spacial score (nSPS) is 20.3. The molecular weight excluding hydrogens is 314 g/mol. The Kier molecular flexibility index (Phi) is 3.67. The van der Waals surface area contributed by atoms with Gasteiger partial charge in [0.25, 0.3) is 0 Å². The summed E-state index contributed by atoms with van der Waals surface area (Å²) >= 11 is 0. The minimum atomic E-state index is -0.679. The summed E-state index contributed by atoms with van der Waals surface area (Å²) in [5.74, 6) is 0.596. The zero-order valence-corrected chi connectivity index (χ0v) is 14.2. The van der Waals surface area contributed by atoms with Crippen molar-refractivity contribution in [2.45, 2.75) is 25.2 Å². The highest BCUT2D eigenvalue weighted by Gasteiger charge is 2.45. The number of nitrogens with two attached hydrogens (primary N) is 1. The molecule has 25 heavy (non-hydrogen) atoms. The van der Waals surface area contributed by atoms with Gasteiger partial charge in [-0.1, -0.05) is 37.3 Å². The van der Waals surface area contributed by atoms with E-state index in [2.05, 4.69) is 26.8 Å². The number of benzene rings is 1. The van der Waals surface area contributed by atoms with Crippen LogP contribution in [0.15, 0.2) is 42.9 Å². The largest absolute Gasteiger partial charge is 0.369 e. The molecule has 0 spiro atoms. The molecule has 3 aromatic rings. The van der Waals surface area contributed by atoms with E-state index in [4.69, 9.17) is 5.73 Å². The molecule has 0 aliphatic carbocycles. The van der Waals surface area contributed by atoms with Crippen molar-refractivity contribution in [1.29, 1.82) is 0 Å². The molecule has 1 saturated heterocycles. The summed E-state index contributed by atoms with van der Waals surface area (Å²) in [6, 6.07) is 9.82. The number of aromatic amines is 1. The Balaban J connectivity index is 1.78. The van der Waals surface area contributed by atoms with Gasteiger partial charge in [0.05, 0.1) is 10.8 Å². The Bertz CT molecular complexity index is 920. The van der Waals surface area contributed by atoms with Crippen LogP contribution >= 0.6 is 0 Å². The summed E-state index contributed by atoms with van der Waals surface area (Å²) in [4.78, 5) is 26.6. The van der Waals surface area contributed by atoms with Crippen LogP contribution in [0.4, 0.5) is 5.82 Å². The van der Waals surface area contributed by atoms with E-state index >= 15 is 0 Å². The summed E-state index contributed by atoms with van der Waals surface area (Å²) in [5, 5.41) is 1.04. The number of nitrogens with one attached hydrogen (secondary N) is 1. The summed E-state index contributed by atoms with van der Waals surface area (Å²) in [6.07, 6.45) is 5.13. The SMILES string of the molecule is CCc1c[nH]c2ncnc(N3CCC(C(N)=O)(c4ccccc4)C3)c12. The lowest BCUT2D eigenvalue weighted by Crippen LogP contribution is -2.43. The van der Waals surface area contributed by atoms with Crippen LogP contribution in [-0.4, -0.2) is 33.9 Å². The van der Waals surface area contributed by atoms with E-state index < -0.39 is 5.41 Å². The van der Waals surface area contributed by atoms with Crippen LogP contribution in [-0.2, 0) is 16.6 Å². The molecule has 0 radical (unpaired) electrons. The van der Waals surface area contributed by atoms with Gasteiger partial charge in [-0.15, -0.1) is 0 Å². The number of nitrogens with zero attached hydrogens (tertiary/aromatic N) is 3. The van der Waals surface area contributed by atoms with Crippen molar-refractivity contribution in [3.05, 3.63) is 54.0 Å². The predicted octanol–water partition coefficient (Wildman–Crippen LogP) is 2.15. The lowest BCUT2D eigenvalue weighted by atomic mass is 9.79. The van der Waals surface area contributed by atoms with Crippen molar-refractivity contribution < 1.29 is 4.79 Å². The van der Waals surface area contributed by atoms with E-state index in [1.165, 1.54) is 5.56 Å². The first-order chi connectivity index (χ1) is 12.2. The van der Waals surface area contributed by atoms with Crippen molar-refractivity contribution in [2.24, 2.45) is 5.73 Å². The molecule has 1 aliphatic heterocycles. The maximum absolute atomic E-state index is 12.4. The van der Waals surface area contributed by atoms with Crippen LogP contribution < -0.4 is 10.6 Å². The van der Waals surface area contributed by atoms with Crippen LogP contribution in [0.2, 0.25) is 0 Å². The Labute approximate surface area is 146 Å². The quantitative estimate of drug-likeness (QED) is 0.765. The molecule has 1 amide bonds. The Morgan fingerprint density at radius 1 is 1.32 bits per heavy atom. The Morgan fingerprint density at radius 2 is 2.12 bits per heavy atom. The van der Waals surface area contributed by atoms with Crippen LogP contribution in [0.1, 0.15) is 24.5 Å². The number of amides is 1. The molecule has 1 unspecified atom stereocenters. The molecule has 0 bridgehead atoms. The molecule has 6 heteroatoms. The monoisotopic (exact) mass is 335 g/mol. The number of rotatable bonds is 4. The van der Waals surface area contributed by atoms with Gasteiger partial charge in [-0.05, 0) is 24.0 Å². The van der Waals surface area contributed by atoms with E-state index in [0.29, 0.717) is 13.0 Å². The standard InChI is InChI=1S/C19H21N5O/c1-2-13-10-21-16-15(13)17(23-12-22-16)24-9-8-19(11-24,18(20)25)14-6-4-3-5-7-14/h3-7,10,12H,2,8-9,11H2,1H3,(H2,20,25)(H,21,22,23). The van der Waals surface area contributed by atoms with Gasteiger partial charge in [0.1, 0.15) is 17.8 Å². The highest BCUT2D eigenvalue weighted by Crippen LogP contribution is 2.38. The number of carbonyl (C=O) groups excluding carboxylic acids is 1. The highest BCUT2D eigenvalue weighted by molar-refractivity contribution is 5.93. The third-order valence-electron chi connectivity index (χ3n) is 5.28. The van der Waals surface area contributed by atoms with Crippen LogP contribution in [0, 0.1) is 0 Å². The molecule has 0 saturated carbocycles. The molecule has 128 valence electrons. The van der Waals surface area contributed by atoms with Crippen molar-refractivity contribution in [3.8, 4) is 0 Å². The summed E-state index contributed by atoms with van der Waals surface area (Å²) in [6.45, 7) is 3.38. The lowest BCUT2D eigenvalue weighted by molar-refractivity contribution is -0.122. The molecule has 3 N–H and O–H groups in total. The van der Waals surface area contributed by atoms with E-state index in [1.54, 1.807) is 6.33 Å². The number of aromatic nitrogens is 3. The fourth-order valence-corrected chi connectivity index (χ4v) is 3.85. The zero-order valence-electron chi connectivity index (χ0n) is 14.2. The van der Waals surface area contributed by atoms with Crippen LogP contribution in [0.25, 0.3) is 11.0 Å². The van der Waals surface area contributed by atoms with E-state index in [-0.39, 0.29) is 5.91 Å². The van der Waals surface area contributed by atoms with Gasteiger partial charge in [-0.3, -0.25) is 4.79 Å². The van der Waals surface area contributed by atoms with Gasteiger partial charge >= 0.3 is 0 Å². The number of anilines is 1. The molecule has 1 fully saturated rings. The molecular formula is C19H21N5O. The van der Waals surface area contributed by atoms with Gasteiger partial charge in [0, 0.05) is 19.3 Å². The molecule has 1 aromatic carbocycles. The number of carbonyl (C=O) groups is 1. The van der Waals surface area contributed by atoms with Gasteiger partial charge in [0.15, 0.2) is 0 Å². The first-order valence-corrected chi connectivity index (χ1v) is 8.57. The minimum Gasteiger partial charge on any atom is -0.369 e. The third kappa shape index (κ3) is 2.36. The number of hydrogen-bond acceptors (Lipinski definition) is 4. The molecule has 6 nitrogen and oxygen atoms in total. The molecule has 1 aliphatic rings. The summed E-state index contributed by atoms with van der Waals surface area (Å²) in [7, 11) is 0. The first-order valence-electron chi connectivity index (χ1n) is 8.57. The lowest BCUT2D eigenvalue weighted by Gasteiger charge is -2.27. The maximum Gasteiger partial charge on any atom is 0.229 e. The van der Waals surface area contributed by atoms with E-state index in [0.717, 1.165) is 35.4 Å². The van der Waals surface area contributed by atoms with Crippen molar-refractivity contribution in [1.82, 2.24) is 15.0 Å². The minimum absolute atomic E-state index is 0.281. The number of fused-ring (bicyclic) bond motifs is 1. The average Bonchev–Trinajstić information content (AvgIpc) is 3.27.